The minimum atomic E-state index is -0.784. The van der Waals surface area contributed by atoms with Gasteiger partial charge in [-0.05, 0) is 6.07 Å². The summed E-state index contributed by atoms with van der Waals surface area (Å²) in [6.07, 6.45) is 0. The first-order chi connectivity index (χ1) is 10.1. The van der Waals surface area contributed by atoms with E-state index < -0.39 is 6.04 Å². The fraction of sp³-hybridized carbons (Fsp3) is 0.429. The second kappa shape index (κ2) is 5.89. The molecule has 0 saturated carbocycles. The summed E-state index contributed by atoms with van der Waals surface area (Å²) < 4.78 is 15.8. The van der Waals surface area contributed by atoms with Crippen LogP contribution >= 0.6 is 0 Å². The van der Waals surface area contributed by atoms with E-state index in [2.05, 4.69) is 6.07 Å². The molecule has 21 heavy (non-hydrogen) atoms. The lowest BCUT2D eigenvalue weighted by atomic mass is 10.0. The SMILES string of the molecule is COc1cc2c(c(OC)c1OC)C(=O)N(CCO)C2C#N. The second-order valence-electron chi connectivity index (χ2n) is 4.36. The molecule has 1 aromatic rings. The second-order valence-corrected chi connectivity index (χ2v) is 4.36. The first-order valence-corrected chi connectivity index (χ1v) is 6.28. The maximum absolute atomic E-state index is 12.5. The molecule has 0 aliphatic carbocycles. The molecule has 0 radical (unpaired) electrons. The summed E-state index contributed by atoms with van der Waals surface area (Å²) in [5, 5.41) is 18.4. The fourth-order valence-electron chi connectivity index (χ4n) is 2.52. The summed E-state index contributed by atoms with van der Waals surface area (Å²) in [7, 11) is 4.33. The molecule has 0 aromatic heterocycles. The smallest absolute Gasteiger partial charge is 0.259 e. The molecule has 1 aliphatic rings. The van der Waals surface area contributed by atoms with Gasteiger partial charge < -0.3 is 24.2 Å². The third-order valence-electron chi connectivity index (χ3n) is 3.40. The molecule has 1 N–H and O–H groups in total. The number of fused-ring (bicyclic) bond motifs is 1. The van der Waals surface area contributed by atoms with Gasteiger partial charge in [0.15, 0.2) is 11.5 Å². The van der Waals surface area contributed by atoms with E-state index in [4.69, 9.17) is 19.3 Å². The lowest BCUT2D eigenvalue weighted by Crippen LogP contribution is -2.30. The Labute approximate surface area is 122 Å². The number of nitriles is 1. The Bertz CT molecular complexity index is 608. The number of aliphatic hydroxyl groups is 1. The van der Waals surface area contributed by atoms with Crippen molar-refractivity contribution in [3.63, 3.8) is 0 Å². The van der Waals surface area contributed by atoms with E-state index in [1.54, 1.807) is 6.07 Å². The molecule has 1 atom stereocenters. The number of rotatable bonds is 5. The minimum absolute atomic E-state index is 0.0690. The molecule has 7 heteroatoms. The summed E-state index contributed by atoms with van der Waals surface area (Å²) in [6.45, 7) is -0.159. The van der Waals surface area contributed by atoms with Gasteiger partial charge in [-0.15, -0.1) is 0 Å². The lowest BCUT2D eigenvalue weighted by Gasteiger charge is -2.18. The van der Waals surface area contributed by atoms with Crippen LogP contribution in [-0.2, 0) is 0 Å². The van der Waals surface area contributed by atoms with E-state index in [0.717, 1.165) is 0 Å². The van der Waals surface area contributed by atoms with Crippen LogP contribution < -0.4 is 14.2 Å². The highest BCUT2D eigenvalue weighted by Gasteiger charge is 2.41. The molecular formula is C14H16N2O5. The Morgan fingerprint density at radius 3 is 2.43 bits per heavy atom. The van der Waals surface area contributed by atoms with Crippen LogP contribution in [0, 0.1) is 11.3 Å². The van der Waals surface area contributed by atoms with E-state index in [-0.39, 0.29) is 30.4 Å². The zero-order valence-electron chi connectivity index (χ0n) is 12.0. The van der Waals surface area contributed by atoms with Crippen LogP contribution in [0.4, 0.5) is 0 Å². The molecule has 1 heterocycles. The maximum Gasteiger partial charge on any atom is 0.259 e. The van der Waals surface area contributed by atoms with Crippen molar-refractivity contribution in [2.75, 3.05) is 34.5 Å². The predicted molar refractivity (Wildman–Crippen MR) is 72.6 cm³/mol. The Morgan fingerprint density at radius 1 is 1.29 bits per heavy atom. The summed E-state index contributed by atoms with van der Waals surface area (Å²) in [5.41, 5.74) is 0.764. The zero-order chi connectivity index (χ0) is 15.6. The highest BCUT2D eigenvalue weighted by Crippen LogP contribution is 2.48. The van der Waals surface area contributed by atoms with Crippen LogP contribution in [0.25, 0.3) is 0 Å². The van der Waals surface area contributed by atoms with Crippen LogP contribution in [0.2, 0.25) is 0 Å². The first kappa shape index (κ1) is 14.9. The molecule has 1 unspecified atom stereocenters. The summed E-state index contributed by atoms with van der Waals surface area (Å²) in [4.78, 5) is 13.8. The van der Waals surface area contributed by atoms with Gasteiger partial charge in [0.05, 0.1) is 39.6 Å². The number of methoxy groups -OCH3 is 3. The largest absolute Gasteiger partial charge is 0.493 e. The van der Waals surface area contributed by atoms with E-state index in [1.807, 2.05) is 0 Å². The Kier molecular flexibility index (Phi) is 4.19. The van der Waals surface area contributed by atoms with Gasteiger partial charge in [0.25, 0.3) is 5.91 Å². The first-order valence-electron chi connectivity index (χ1n) is 6.28. The summed E-state index contributed by atoms with van der Waals surface area (Å²) in [5.74, 6) is 0.544. The van der Waals surface area contributed by atoms with E-state index in [9.17, 15) is 10.1 Å². The van der Waals surface area contributed by atoms with Crippen LogP contribution in [0.5, 0.6) is 17.2 Å². The Hall–Kier alpha value is -2.46. The number of hydrogen-bond donors (Lipinski definition) is 1. The van der Waals surface area contributed by atoms with Gasteiger partial charge in [-0.25, -0.2) is 0 Å². The number of β-amino-alcohol motifs (C(OH)–C–C–N with tert-alkyl or cyclic N) is 1. The molecule has 7 nitrogen and oxygen atoms in total. The Balaban J connectivity index is 2.70. The zero-order valence-corrected chi connectivity index (χ0v) is 12.0. The van der Waals surface area contributed by atoms with Gasteiger partial charge in [-0.1, -0.05) is 0 Å². The molecular weight excluding hydrogens is 276 g/mol. The predicted octanol–water partition coefficient (Wildman–Crippen LogP) is 0.725. The van der Waals surface area contributed by atoms with Gasteiger partial charge in [-0.2, -0.15) is 5.26 Å². The molecule has 0 spiro atoms. The van der Waals surface area contributed by atoms with Crippen molar-refractivity contribution in [2.24, 2.45) is 0 Å². The molecule has 0 saturated heterocycles. The standard InChI is InChI=1S/C14H16N2O5/c1-19-10-6-8-9(7-15)16(4-5-17)14(18)11(8)13(21-3)12(10)20-2/h6,9,17H,4-5H2,1-3H3. The number of hydrogen-bond acceptors (Lipinski definition) is 6. The topological polar surface area (TPSA) is 92.0 Å². The van der Waals surface area contributed by atoms with Crippen LogP contribution in [0.3, 0.4) is 0 Å². The van der Waals surface area contributed by atoms with Gasteiger partial charge >= 0.3 is 0 Å². The Morgan fingerprint density at radius 2 is 1.95 bits per heavy atom. The number of ether oxygens (including phenoxy) is 3. The quantitative estimate of drug-likeness (QED) is 0.860. The molecule has 0 bridgehead atoms. The average Bonchev–Trinajstić information content (AvgIpc) is 2.77. The van der Waals surface area contributed by atoms with Crippen molar-refractivity contribution < 1.29 is 24.1 Å². The molecule has 1 aliphatic heterocycles. The van der Waals surface area contributed by atoms with Gasteiger partial charge in [-0.3, -0.25) is 4.79 Å². The van der Waals surface area contributed by atoms with Crippen LogP contribution in [0.1, 0.15) is 22.0 Å². The highest BCUT2D eigenvalue weighted by molar-refractivity contribution is 6.03. The third-order valence-corrected chi connectivity index (χ3v) is 3.40. The van der Waals surface area contributed by atoms with Crippen LogP contribution in [-0.4, -0.2) is 50.4 Å². The van der Waals surface area contributed by atoms with E-state index in [0.29, 0.717) is 17.1 Å². The average molecular weight is 292 g/mol. The number of carbonyl (C=O) groups is 1. The maximum atomic E-state index is 12.5. The van der Waals surface area contributed by atoms with Crippen LogP contribution in [0.15, 0.2) is 6.07 Å². The molecule has 1 aromatic carbocycles. The summed E-state index contributed by atoms with van der Waals surface area (Å²) >= 11 is 0. The molecule has 0 fully saturated rings. The molecule has 112 valence electrons. The van der Waals surface area contributed by atoms with Crippen molar-refractivity contribution in [1.82, 2.24) is 4.90 Å². The van der Waals surface area contributed by atoms with Crippen molar-refractivity contribution in [1.29, 1.82) is 5.26 Å². The van der Waals surface area contributed by atoms with Gasteiger partial charge in [0, 0.05) is 12.1 Å². The fourth-order valence-corrected chi connectivity index (χ4v) is 2.52. The summed E-state index contributed by atoms with van der Waals surface area (Å²) in [6, 6.07) is 2.88. The number of carbonyl (C=O) groups excluding carboxylic acids is 1. The molecule has 2 rings (SSSR count). The van der Waals surface area contributed by atoms with Crippen molar-refractivity contribution in [2.45, 2.75) is 6.04 Å². The van der Waals surface area contributed by atoms with E-state index >= 15 is 0 Å². The van der Waals surface area contributed by atoms with Crippen molar-refractivity contribution in [3.8, 4) is 23.3 Å². The number of nitrogens with zero attached hydrogens (tertiary/aromatic N) is 2. The number of aliphatic hydroxyl groups excluding tert-OH is 1. The monoisotopic (exact) mass is 292 g/mol. The third kappa shape index (κ3) is 2.14. The van der Waals surface area contributed by atoms with Gasteiger partial charge in [0.2, 0.25) is 5.75 Å². The van der Waals surface area contributed by atoms with Crippen molar-refractivity contribution in [3.05, 3.63) is 17.2 Å². The number of amides is 1. The lowest BCUT2D eigenvalue weighted by molar-refractivity contribution is 0.0719. The normalized spacial score (nSPS) is 16.4. The number of benzene rings is 1. The van der Waals surface area contributed by atoms with E-state index in [1.165, 1.54) is 26.2 Å². The van der Waals surface area contributed by atoms with Crippen molar-refractivity contribution >= 4 is 5.91 Å². The minimum Gasteiger partial charge on any atom is -0.493 e. The molecule has 1 amide bonds. The van der Waals surface area contributed by atoms with Gasteiger partial charge in [0.1, 0.15) is 6.04 Å². The highest BCUT2D eigenvalue weighted by atomic mass is 16.5.